The molecule has 0 radical (unpaired) electrons. The number of ether oxygens (including phenoxy) is 1. The normalized spacial score (nSPS) is 21.4. The van der Waals surface area contributed by atoms with E-state index in [2.05, 4.69) is 15.9 Å². The summed E-state index contributed by atoms with van der Waals surface area (Å²) in [4.78, 5) is 12.6. The zero-order chi connectivity index (χ0) is 19.4. The van der Waals surface area contributed by atoms with E-state index < -0.39 is 22.1 Å². The molecule has 3 rings (SSSR count). The first-order valence-electron chi connectivity index (χ1n) is 8.85. The third kappa shape index (κ3) is 4.78. The van der Waals surface area contributed by atoms with Crippen LogP contribution in [-0.2, 0) is 14.8 Å². The van der Waals surface area contributed by atoms with Crippen LogP contribution in [0.5, 0.6) is 0 Å². The van der Waals surface area contributed by atoms with Gasteiger partial charge in [-0.3, -0.25) is 0 Å². The molecule has 0 amide bonds. The van der Waals surface area contributed by atoms with Crippen molar-refractivity contribution in [1.82, 2.24) is 4.31 Å². The lowest BCUT2D eigenvalue weighted by atomic mass is 10.2. The van der Waals surface area contributed by atoms with Crippen LogP contribution in [0.15, 0.2) is 59.5 Å². The minimum atomic E-state index is -3.64. The van der Waals surface area contributed by atoms with Crippen LogP contribution in [0, 0.1) is 6.92 Å². The lowest BCUT2D eigenvalue weighted by Crippen LogP contribution is -2.40. The smallest absolute Gasteiger partial charge is 0.338 e. The average molecular weight is 452 g/mol. The lowest BCUT2D eigenvalue weighted by molar-refractivity contribution is 0.0277. The molecule has 1 heterocycles. The average Bonchev–Trinajstić information content (AvgIpc) is 2.85. The van der Waals surface area contributed by atoms with E-state index in [-0.39, 0.29) is 16.3 Å². The molecule has 1 saturated heterocycles. The van der Waals surface area contributed by atoms with Gasteiger partial charge in [-0.05, 0) is 44.0 Å². The highest BCUT2D eigenvalue weighted by Crippen LogP contribution is 2.26. The third-order valence-electron chi connectivity index (χ3n) is 4.60. The zero-order valence-corrected chi connectivity index (χ0v) is 17.4. The summed E-state index contributed by atoms with van der Waals surface area (Å²) in [7, 11) is -3.64. The number of hydrogen-bond donors (Lipinski definition) is 0. The van der Waals surface area contributed by atoms with Crippen molar-refractivity contribution in [2.24, 2.45) is 0 Å². The van der Waals surface area contributed by atoms with E-state index in [0.717, 1.165) is 12.0 Å². The van der Waals surface area contributed by atoms with Crippen molar-refractivity contribution in [1.29, 1.82) is 0 Å². The first-order valence-corrected chi connectivity index (χ1v) is 11.2. The van der Waals surface area contributed by atoms with Crippen molar-refractivity contribution in [3.05, 3.63) is 65.7 Å². The fourth-order valence-electron chi connectivity index (χ4n) is 3.02. The second-order valence-electron chi connectivity index (χ2n) is 6.64. The molecule has 0 aromatic heterocycles. The highest BCUT2D eigenvalue weighted by Gasteiger charge is 2.34. The van der Waals surface area contributed by atoms with Crippen LogP contribution >= 0.6 is 15.9 Å². The summed E-state index contributed by atoms with van der Waals surface area (Å²) in [5, 5.41) is 0. The van der Waals surface area contributed by atoms with Gasteiger partial charge in [0.2, 0.25) is 10.0 Å². The van der Waals surface area contributed by atoms with Crippen LogP contribution < -0.4 is 0 Å². The van der Waals surface area contributed by atoms with Crippen molar-refractivity contribution >= 4 is 31.9 Å². The molecule has 1 aliphatic rings. The van der Waals surface area contributed by atoms with Gasteiger partial charge in [0.25, 0.3) is 0 Å². The maximum absolute atomic E-state index is 13.0. The molecule has 2 aromatic carbocycles. The lowest BCUT2D eigenvalue weighted by Gasteiger charge is -2.26. The molecule has 2 aromatic rings. The standard InChI is InChI=1S/C20H22BrNO4S/c1-15-9-11-17(12-10-15)27(24,25)22-13-5-8-18(21)19(14-22)26-20(23)16-6-3-2-4-7-16/h2-4,6-7,9-12,18-19H,5,8,13-14H2,1H3/t18-,19-/m1/s1. The molecule has 1 fully saturated rings. The highest BCUT2D eigenvalue weighted by molar-refractivity contribution is 9.09. The third-order valence-corrected chi connectivity index (χ3v) is 7.53. The maximum Gasteiger partial charge on any atom is 0.338 e. The van der Waals surface area contributed by atoms with Gasteiger partial charge in [0.05, 0.1) is 21.8 Å². The van der Waals surface area contributed by atoms with Gasteiger partial charge < -0.3 is 4.74 Å². The van der Waals surface area contributed by atoms with Gasteiger partial charge in [0.15, 0.2) is 0 Å². The molecule has 0 N–H and O–H groups in total. The molecule has 1 aliphatic heterocycles. The van der Waals surface area contributed by atoms with E-state index >= 15 is 0 Å². The molecule has 0 saturated carbocycles. The molecule has 0 unspecified atom stereocenters. The number of hydrogen-bond acceptors (Lipinski definition) is 4. The number of rotatable bonds is 4. The minimum Gasteiger partial charge on any atom is -0.456 e. The Bertz CT molecular complexity index is 884. The van der Waals surface area contributed by atoms with Crippen LogP contribution in [-0.4, -0.2) is 42.7 Å². The number of benzene rings is 2. The van der Waals surface area contributed by atoms with Crippen molar-refractivity contribution in [2.45, 2.75) is 35.6 Å². The summed E-state index contributed by atoms with van der Waals surface area (Å²) in [6.45, 7) is 2.44. The van der Waals surface area contributed by atoms with Crippen molar-refractivity contribution < 1.29 is 17.9 Å². The van der Waals surface area contributed by atoms with E-state index in [1.807, 2.05) is 13.0 Å². The number of nitrogens with zero attached hydrogens (tertiary/aromatic N) is 1. The van der Waals surface area contributed by atoms with Gasteiger partial charge in [-0.15, -0.1) is 0 Å². The highest BCUT2D eigenvalue weighted by atomic mass is 79.9. The van der Waals surface area contributed by atoms with E-state index in [4.69, 9.17) is 4.74 Å². The summed E-state index contributed by atoms with van der Waals surface area (Å²) in [5.74, 6) is -0.445. The zero-order valence-electron chi connectivity index (χ0n) is 15.0. The fraction of sp³-hybridized carbons (Fsp3) is 0.350. The van der Waals surface area contributed by atoms with Crippen molar-refractivity contribution in [3.63, 3.8) is 0 Å². The van der Waals surface area contributed by atoms with Crippen molar-refractivity contribution in [2.75, 3.05) is 13.1 Å². The number of carbonyl (C=O) groups is 1. The molecule has 7 heteroatoms. The number of alkyl halides is 1. The molecule has 144 valence electrons. The number of halogens is 1. The largest absolute Gasteiger partial charge is 0.456 e. The Morgan fingerprint density at radius 1 is 1.11 bits per heavy atom. The number of aryl methyl sites for hydroxylation is 1. The Labute approximate surface area is 168 Å². The molecule has 2 atom stereocenters. The number of carbonyl (C=O) groups excluding carboxylic acids is 1. The first kappa shape index (κ1) is 20.0. The topological polar surface area (TPSA) is 63.7 Å². The van der Waals surface area contributed by atoms with Crippen molar-refractivity contribution in [3.8, 4) is 0 Å². The Morgan fingerprint density at radius 2 is 1.78 bits per heavy atom. The summed E-state index contributed by atoms with van der Waals surface area (Å²) in [5.41, 5.74) is 1.45. The number of sulfonamides is 1. The summed E-state index contributed by atoms with van der Waals surface area (Å²) in [6.07, 6.45) is 0.869. The van der Waals surface area contributed by atoms with Gasteiger partial charge in [0.1, 0.15) is 6.10 Å². The van der Waals surface area contributed by atoms with Gasteiger partial charge in [-0.1, -0.05) is 51.8 Å². The van der Waals surface area contributed by atoms with Gasteiger partial charge >= 0.3 is 5.97 Å². The minimum absolute atomic E-state index is 0.0941. The second-order valence-corrected chi connectivity index (χ2v) is 9.76. The second kappa shape index (κ2) is 8.54. The summed E-state index contributed by atoms with van der Waals surface area (Å²) >= 11 is 3.57. The fourth-order valence-corrected chi connectivity index (χ4v) is 5.11. The van der Waals surface area contributed by atoms with E-state index in [0.29, 0.717) is 18.5 Å². The Kier molecular flexibility index (Phi) is 6.34. The number of esters is 1. The SMILES string of the molecule is Cc1ccc(S(=O)(=O)N2CCC[C@@H](Br)[C@H](OC(=O)c3ccccc3)C2)cc1. The van der Waals surface area contributed by atoms with Crippen LogP contribution in [0.1, 0.15) is 28.8 Å². The summed E-state index contributed by atoms with van der Waals surface area (Å²) in [6, 6.07) is 15.5. The Balaban J connectivity index is 1.79. The predicted molar refractivity (Wildman–Crippen MR) is 108 cm³/mol. The molecular formula is C20H22BrNO4S. The summed E-state index contributed by atoms with van der Waals surface area (Å²) < 4.78 is 33.1. The molecule has 5 nitrogen and oxygen atoms in total. The van der Waals surface area contributed by atoms with Crippen LogP contribution in [0.4, 0.5) is 0 Å². The van der Waals surface area contributed by atoms with E-state index in [1.165, 1.54) is 4.31 Å². The Morgan fingerprint density at radius 3 is 2.44 bits per heavy atom. The van der Waals surface area contributed by atoms with E-state index in [1.54, 1.807) is 48.5 Å². The van der Waals surface area contributed by atoms with Gasteiger partial charge in [-0.2, -0.15) is 4.31 Å². The van der Waals surface area contributed by atoms with E-state index in [9.17, 15) is 13.2 Å². The van der Waals surface area contributed by atoms with Crippen LogP contribution in [0.3, 0.4) is 0 Å². The maximum atomic E-state index is 13.0. The monoisotopic (exact) mass is 451 g/mol. The molecular weight excluding hydrogens is 430 g/mol. The van der Waals surface area contributed by atoms with Gasteiger partial charge in [-0.25, -0.2) is 13.2 Å². The predicted octanol–water partition coefficient (Wildman–Crippen LogP) is 3.77. The first-order chi connectivity index (χ1) is 12.9. The molecule has 0 aliphatic carbocycles. The van der Waals surface area contributed by atoms with Crippen LogP contribution in [0.25, 0.3) is 0 Å². The molecule has 0 bridgehead atoms. The van der Waals surface area contributed by atoms with Crippen LogP contribution in [0.2, 0.25) is 0 Å². The Hall–Kier alpha value is -1.70. The molecule has 0 spiro atoms. The molecule has 27 heavy (non-hydrogen) atoms. The quantitative estimate of drug-likeness (QED) is 0.524. The van der Waals surface area contributed by atoms with Gasteiger partial charge in [0, 0.05) is 6.54 Å².